The van der Waals surface area contributed by atoms with Crippen LogP contribution in [0.3, 0.4) is 0 Å². The number of sulfonamides is 1. The molecule has 0 saturated heterocycles. The van der Waals surface area contributed by atoms with Gasteiger partial charge in [-0.1, -0.05) is 0 Å². The molecular weight excluding hydrogens is 300 g/mol. The molecule has 0 unspecified atom stereocenters. The molecule has 2 aromatic heterocycles. The summed E-state index contributed by atoms with van der Waals surface area (Å²) in [6, 6.07) is 5.88. The van der Waals surface area contributed by atoms with Gasteiger partial charge in [0.05, 0.1) is 5.69 Å². The third-order valence-corrected chi connectivity index (χ3v) is 3.96. The van der Waals surface area contributed by atoms with E-state index in [1.165, 1.54) is 18.3 Å². The second kappa shape index (κ2) is 4.61. The highest BCUT2D eigenvalue weighted by Crippen LogP contribution is 2.26. The van der Waals surface area contributed by atoms with Crippen molar-refractivity contribution in [2.75, 3.05) is 0 Å². The molecule has 21 heavy (non-hydrogen) atoms. The number of hydrogen-bond donors (Lipinski definition) is 2. The number of nitrogens with two attached hydrogens (primary N) is 1. The molecule has 0 radical (unpaired) electrons. The van der Waals surface area contributed by atoms with Crippen LogP contribution in [-0.2, 0) is 10.0 Å². The summed E-state index contributed by atoms with van der Waals surface area (Å²) in [6.07, 6.45) is 1.21. The van der Waals surface area contributed by atoms with Gasteiger partial charge in [-0.2, -0.15) is 0 Å². The van der Waals surface area contributed by atoms with Crippen molar-refractivity contribution in [1.29, 1.82) is 0 Å². The number of fused-ring (bicyclic) bond motifs is 1. The van der Waals surface area contributed by atoms with Crippen LogP contribution < -0.4 is 5.14 Å². The average molecular weight is 309 g/mol. The maximum atomic E-state index is 13.7. The van der Waals surface area contributed by atoms with E-state index in [2.05, 4.69) is 9.97 Å². The van der Waals surface area contributed by atoms with Crippen molar-refractivity contribution in [2.45, 2.75) is 4.90 Å². The first-order chi connectivity index (χ1) is 9.86. The van der Waals surface area contributed by atoms with E-state index >= 15 is 0 Å². The van der Waals surface area contributed by atoms with Crippen molar-refractivity contribution in [3.63, 3.8) is 0 Å². The number of nitrogens with zero attached hydrogens (tertiary/aromatic N) is 1. The van der Waals surface area contributed by atoms with Crippen LogP contribution in [0.25, 0.3) is 22.3 Å². The molecule has 0 amide bonds. The lowest BCUT2D eigenvalue weighted by molar-refractivity contribution is 0.598. The highest BCUT2D eigenvalue weighted by Gasteiger charge is 2.16. The van der Waals surface area contributed by atoms with Crippen LogP contribution in [-0.4, -0.2) is 18.4 Å². The molecule has 3 rings (SSSR count). The van der Waals surface area contributed by atoms with Crippen LogP contribution in [0.2, 0.25) is 0 Å². The molecule has 0 saturated carbocycles. The first-order valence-corrected chi connectivity index (χ1v) is 7.37. The Labute approximate surface area is 118 Å². The summed E-state index contributed by atoms with van der Waals surface area (Å²) in [6.45, 7) is 0. The number of pyridine rings is 1. The summed E-state index contributed by atoms with van der Waals surface area (Å²) in [5.74, 6) is -1.22. The molecule has 0 aliphatic rings. The Balaban J connectivity index is 2.21. The molecule has 5 nitrogen and oxygen atoms in total. The molecule has 0 aliphatic carbocycles. The molecule has 2 heterocycles. The van der Waals surface area contributed by atoms with E-state index in [4.69, 9.17) is 5.14 Å². The van der Waals surface area contributed by atoms with Crippen molar-refractivity contribution in [1.82, 2.24) is 9.97 Å². The van der Waals surface area contributed by atoms with Gasteiger partial charge in [-0.15, -0.1) is 0 Å². The predicted molar refractivity (Wildman–Crippen MR) is 72.8 cm³/mol. The van der Waals surface area contributed by atoms with Gasteiger partial charge in [-0.25, -0.2) is 27.3 Å². The van der Waals surface area contributed by atoms with Gasteiger partial charge in [0.15, 0.2) is 0 Å². The van der Waals surface area contributed by atoms with E-state index in [1.54, 1.807) is 0 Å². The van der Waals surface area contributed by atoms with Crippen LogP contribution in [0.5, 0.6) is 0 Å². The zero-order chi connectivity index (χ0) is 15.2. The number of rotatable bonds is 2. The maximum absolute atomic E-state index is 13.7. The third kappa shape index (κ3) is 2.39. The van der Waals surface area contributed by atoms with Gasteiger partial charge in [-0.05, 0) is 30.3 Å². The molecular formula is C13H9F2N3O2S. The molecule has 8 heteroatoms. The third-order valence-electron chi connectivity index (χ3n) is 3.01. The lowest BCUT2D eigenvalue weighted by Gasteiger charge is -2.03. The Kier molecular flexibility index (Phi) is 2.99. The number of hydrogen-bond acceptors (Lipinski definition) is 3. The lowest BCUT2D eigenvalue weighted by Crippen LogP contribution is -2.11. The normalized spacial score (nSPS) is 12.0. The molecule has 0 fully saturated rings. The Hall–Kier alpha value is -2.32. The number of benzene rings is 1. The number of nitrogens with one attached hydrogen (secondary N) is 1. The maximum Gasteiger partial charge on any atom is 0.240 e. The molecule has 3 aromatic rings. The zero-order valence-electron chi connectivity index (χ0n) is 10.5. The first-order valence-electron chi connectivity index (χ1n) is 5.82. The highest BCUT2D eigenvalue weighted by molar-refractivity contribution is 7.89. The van der Waals surface area contributed by atoms with Gasteiger partial charge in [0.1, 0.15) is 22.2 Å². The summed E-state index contributed by atoms with van der Waals surface area (Å²) < 4.78 is 49.7. The largest absolute Gasteiger partial charge is 0.345 e. The number of aromatic nitrogens is 2. The minimum atomic E-state index is -3.88. The van der Waals surface area contributed by atoms with Crippen LogP contribution in [0.1, 0.15) is 0 Å². The minimum Gasteiger partial charge on any atom is -0.345 e. The Morgan fingerprint density at radius 1 is 1.14 bits per heavy atom. The summed E-state index contributed by atoms with van der Waals surface area (Å²) in [7, 11) is -3.88. The molecule has 108 valence electrons. The topological polar surface area (TPSA) is 88.8 Å². The van der Waals surface area contributed by atoms with Crippen LogP contribution in [0.15, 0.2) is 41.4 Å². The quantitative estimate of drug-likeness (QED) is 0.760. The summed E-state index contributed by atoms with van der Waals surface area (Å²) >= 11 is 0. The van der Waals surface area contributed by atoms with Crippen molar-refractivity contribution in [2.24, 2.45) is 5.14 Å². The summed E-state index contributed by atoms with van der Waals surface area (Å²) in [5, 5.41) is 5.37. The van der Waals surface area contributed by atoms with Crippen molar-refractivity contribution < 1.29 is 17.2 Å². The standard InChI is InChI=1S/C13H9F2N3O2S/c14-7-1-3-10(15)9(5-7)11-4-2-8-12(21(16,19)20)6-17-13(8)18-11/h1-6H,(H,17,18)(H2,16,19,20). The summed E-state index contributed by atoms with van der Waals surface area (Å²) in [4.78, 5) is 6.65. The van der Waals surface area contributed by atoms with Crippen molar-refractivity contribution >= 4 is 21.1 Å². The van der Waals surface area contributed by atoms with E-state index in [0.29, 0.717) is 0 Å². The average Bonchev–Trinajstić information content (AvgIpc) is 2.84. The van der Waals surface area contributed by atoms with Gasteiger partial charge in [-0.3, -0.25) is 0 Å². The predicted octanol–water partition coefficient (Wildman–Crippen LogP) is 2.16. The summed E-state index contributed by atoms with van der Waals surface area (Å²) in [5.41, 5.74) is 0.395. The minimum absolute atomic E-state index is 0.0105. The number of primary sulfonamides is 1. The molecule has 3 N–H and O–H groups in total. The first kappa shape index (κ1) is 13.7. The molecule has 0 aliphatic heterocycles. The Morgan fingerprint density at radius 3 is 2.62 bits per heavy atom. The highest BCUT2D eigenvalue weighted by atomic mass is 32.2. The van der Waals surface area contributed by atoms with Crippen LogP contribution >= 0.6 is 0 Å². The number of halogens is 2. The van der Waals surface area contributed by atoms with Gasteiger partial charge in [0.2, 0.25) is 10.0 Å². The molecule has 0 spiro atoms. The van der Waals surface area contributed by atoms with Crippen LogP contribution in [0.4, 0.5) is 8.78 Å². The SMILES string of the molecule is NS(=O)(=O)c1c[nH]c2nc(-c3cc(F)ccc3F)ccc12. The smallest absolute Gasteiger partial charge is 0.240 e. The van der Waals surface area contributed by atoms with E-state index in [9.17, 15) is 17.2 Å². The second-order valence-corrected chi connectivity index (χ2v) is 5.94. The van der Waals surface area contributed by atoms with Gasteiger partial charge >= 0.3 is 0 Å². The zero-order valence-corrected chi connectivity index (χ0v) is 11.3. The van der Waals surface area contributed by atoms with Gasteiger partial charge in [0, 0.05) is 17.1 Å². The fraction of sp³-hybridized carbons (Fsp3) is 0. The van der Waals surface area contributed by atoms with E-state index in [0.717, 1.165) is 18.2 Å². The Bertz CT molecular complexity index is 951. The molecule has 0 bridgehead atoms. The van der Waals surface area contributed by atoms with Crippen molar-refractivity contribution in [3.8, 4) is 11.3 Å². The Morgan fingerprint density at radius 2 is 1.90 bits per heavy atom. The van der Waals surface area contributed by atoms with E-state index < -0.39 is 21.7 Å². The molecule has 0 atom stereocenters. The second-order valence-electron chi connectivity index (χ2n) is 4.41. The lowest BCUT2D eigenvalue weighted by atomic mass is 10.1. The van der Waals surface area contributed by atoms with Crippen LogP contribution in [0, 0.1) is 11.6 Å². The van der Waals surface area contributed by atoms with E-state index in [1.807, 2.05) is 0 Å². The molecule has 1 aromatic carbocycles. The number of aromatic amines is 1. The monoisotopic (exact) mass is 309 g/mol. The van der Waals surface area contributed by atoms with E-state index in [-0.39, 0.29) is 27.2 Å². The fourth-order valence-electron chi connectivity index (χ4n) is 2.06. The fourth-order valence-corrected chi connectivity index (χ4v) is 2.75. The van der Waals surface area contributed by atoms with Gasteiger partial charge < -0.3 is 4.98 Å². The number of H-pyrrole nitrogens is 1. The van der Waals surface area contributed by atoms with Crippen molar-refractivity contribution in [3.05, 3.63) is 48.2 Å². The van der Waals surface area contributed by atoms with Gasteiger partial charge in [0.25, 0.3) is 0 Å².